The number of hydrogen-bond acceptors (Lipinski definition) is 2. The number of fused-ring (bicyclic) bond motifs is 7. The van der Waals surface area contributed by atoms with Gasteiger partial charge in [0.2, 0.25) is 0 Å². The lowest BCUT2D eigenvalue weighted by atomic mass is 9.80. The molecule has 1 aromatic heterocycles. The third-order valence-corrected chi connectivity index (χ3v) is 12.1. The van der Waals surface area contributed by atoms with Gasteiger partial charge in [-0.3, -0.25) is 0 Å². The molecule has 0 atom stereocenters. The summed E-state index contributed by atoms with van der Waals surface area (Å²) in [6.45, 7) is 4.75. The highest BCUT2D eigenvalue weighted by Gasteiger charge is 2.38. The van der Waals surface area contributed by atoms with Crippen LogP contribution < -0.4 is 0 Å². The van der Waals surface area contributed by atoms with Gasteiger partial charge in [-0.05, 0) is 101 Å². The minimum absolute atomic E-state index is 0.134. The summed E-state index contributed by atoms with van der Waals surface area (Å²) in [5, 5.41) is 7.40. The molecule has 268 valence electrons. The maximum Gasteiger partial charge on any atom is 0.161 e. The molecule has 1 heterocycles. The van der Waals surface area contributed by atoms with E-state index in [2.05, 4.69) is 202 Å². The molecule has 0 unspecified atom stereocenters. The minimum atomic E-state index is -0.134. The Morgan fingerprint density at radius 2 is 0.930 bits per heavy atom. The molecular formula is C55H38N2. The maximum absolute atomic E-state index is 5.36. The van der Waals surface area contributed by atoms with Crippen molar-refractivity contribution in [1.29, 1.82) is 0 Å². The third-order valence-electron chi connectivity index (χ3n) is 12.1. The van der Waals surface area contributed by atoms with E-state index in [1.807, 2.05) is 6.07 Å². The van der Waals surface area contributed by atoms with Gasteiger partial charge in [0, 0.05) is 22.1 Å². The van der Waals surface area contributed by atoms with E-state index in [0.29, 0.717) is 5.82 Å². The molecule has 0 radical (unpaired) electrons. The van der Waals surface area contributed by atoms with Gasteiger partial charge >= 0.3 is 0 Å². The van der Waals surface area contributed by atoms with Crippen molar-refractivity contribution < 1.29 is 0 Å². The second-order valence-electron chi connectivity index (χ2n) is 15.7. The van der Waals surface area contributed by atoms with Crippen LogP contribution in [-0.2, 0) is 5.41 Å². The molecule has 0 fully saturated rings. The molecule has 11 rings (SSSR count). The average Bonchev–Trinajstić information content (AvgIpc) is 3.52. The molecule has 2 nitrogen and oxygen atoms in total. The predicted octanol–water partition coefficient (Wildman–Crippen LogP) is 14.6. The zero-order chi connectivity index (χ0) is 38.1. The Labute approximate surface area is 332 Å². The summed E-state index contributed by atoms with van der Waals surface area (Å²) in [4.78, 5) is 10.7. The molecule has 0 spiro atoms. The molecule has 1 aliphatic rings. The lowest BCUT2D eigenvalue weighted by Gasteiger charge is -2.23. The molecular weight excluding hydrogens is 689 g/mol. The first-order chi connectivity index (χ1) is 28.0. The monoisotopic (exact) mass is 726 g/mol. The van der Waals surface area contributed by atoms with Crippen molar-refractivity contribution in [3.8, 4) is 67.3 Å². The van der Waals surface area contributed by atoms with Crippen LogP contribution in [0.5, 0.6) is 0 Å². The topological polar surface area (TPSA) is 25.8 Å². The van der Waals surface area contributed by atoms with Gasteiger partial charge in [0.05, 0.1) is 11.4 Å². The average molecular weight is 727 g/mol. The van der Waals surface area contributed by atoms with Crippen LogP contribution in [0, 0.1) is 0 Å². The SMILES string of the molecule is CC1(C)c2cccc(-c3ccc(-c4nc(-c5ccccc5)cc(-c5cccc(-c6ccc7ccccc7c6)c5)n4)c4ccccc34)c2-c2ccc3ccccc3c21. The quantitative estimate of drug-likeness (QED) is 0.176. The van der Waals surface area contributed by atoms with E-state index < -0.39 is 0 Å². The number of hydrogen-bond donors (Lipinski definition) is 0. The Bertz CT molecular complexity index is 3210. The standard InChI is InChI=1S/C55H38N2/c1-55(2)49-25-13-24-46(52(49)48-29-28-36-15-8-9-21-42(36)53(48)55)45-30-31-47(44-23-11-10-22-43(44)45)54-56-50(37-16-4-3-5-17-37)34-51(57-54)41-20-12-19-39(33-41)40-27-26-35-14-6-7-18-38(35)32-40/h3-34H,1-2H3. The summed E-state index contributed by atoms with van der Waals surface area (Å²) in [6.07, 6.45) is 0. The van der Waals surface area contributed by atoms with Crippen LogP contribution in [0.15, 0.2) is 194 Å². The highest BCUT2D eigenvalue weighted by Crippen LogP contribution is 2.55. The van der Waals surface area contributed by atoms with E-state index in [4.69, 9.17) is 9.97 Å². The molecule has 2 heteroatoms. The van der Waals surface area contributed by atoms with Gasteiger partial charge in [0.15, 0.2) is 5.82 Å². The van der Waals surface area contributed by atoms with Crippen LogP contribution in [0.4, 0.5) is 0 Å². The summed E-state index contributed by atoms with van der Waals surface area (Å²) >= 11 is 0. The van der Waals surface area contributed by atoms with E-state index in [9.17, 15) is 0 Å². The molecule has 0 bridgehead atoms. The van der Waals surface area contributed by atoms with Gasteiger partial charge in [-0.25, -0.2) is 9.97 Å². The van der Waals surface area contributed by atoms with Crippen LogP contribution in [0.3, 0.4) is 0 Å². The van der Waals surface area contributed by atoms with Gasteiger partial charge < -0.3 is 0 Å². The first kappa shape index (κ1) is 33.2. The van der Waals surface area contributed by atoms with Crippen molar-refractivity contribution in [2.75, 3.05) is 0 Å². The first-order valence-electron chi connectivity index (χ1n) is 19.7. The largest absolute Gasteiger partial charge is 0.228 e. The first-order valence-corrected chi connectivity index (χ1v) is 19.7. The molecule has 0 amide bonds. The highest BCUT2D eigenvalue weighted by atomic mass is 14.9. The minimum Gasteiger partial charge on any atom is -0.228 e. The van der Waals surface area contributed by atoms with Gasteiger partial charge in [0.25, 0.3) is 0 Å². The number of nitrogens with zero attached hydrogens (tertiary/aromatic N) is 2. The van der Waals surface area contributed by atoms with Crippen LogP contribution >= 0.6 is 0 Å². The van der Waals surface area contributed by atoms with Crippen molar-refractivity contribution >= 4 is 32.3 Å². The number of aromatic nitrogens is 2. The van der Waals surface area contributed by atoms with Crippen LogP contribution in [0.25, 0.3) is 99.6 Å². The van der Waals surface area contributed by atoms with Gasteiger partial charge in [0.1, 0.15) is 0 Å². The lowest BCUT2D eigenvalue weighted by molar-refractivity contribution is 0.666. The Hall–Kier alpha value is -7.16. The Kier molecular flexibility index (Phi) is 7.55. The zero-order valence-corrected chi connectivity index (χ0v) is 31.9. The van der Waals surface area contributed by atoms with Gasteiger partial charge in [-0.15, -0.1) is 0 Å². The highest BCUT2D eigenvalue weighted by molar-refractivity contribution is 6.09. The molecule has 1 aliphatic carbocycles. The summed E-state index contributed by atoms with van der Waals surface area (Å²) in [7, 11) is 0. The summed E-state index contributed by atoms with van der Waals surface area (Å²) in [5.74, 6) is 0.710. The van der Waals surface area contributed by atoms with Gasteiger partial charge in [-0.2, -0.15) is 0 Å². The second-order valence-corrected chi connectivity index (χ2v) is 15.7. The molecule has 10 aromatic rings. The van der Waals surface area contributed by atoms with E-state index in [1.165, 1.54) is 65.9 Å². The predicted molar refractivity (Wildman–Crippen MR) is 239 cm³/mol. The van der Waals surface area contributed by atoms with Crippen molar-refractivity contribution in [3.05, 3.63) is 205 Å². The summed E-state index contributed by atoms with van der Waals surface area (Å²) < 4.78 is 0. The Morgan fingerprint density at radius 1 is 0.351 bits per heavy atom. The van der Waals surface area contributed by atoms with E-state index in [1.54, 1.807) is 0 Å². The van der Waals surface area contributed by atoms with Crippen LogP contribution in [-0.4, -0.2) is 9.97 Å². The molecule has 0 saturated carbocycles. The smallest absolute Gasteiger partial charge is 0.161 e. The molecule has 9 aromatic carbocycles. The van der Waals surface area contributed by atoms with E-state index in [-0.39, 0.29) is 5.41 Å². The number of rotatable bonds is 5. The number of benzene rings is 9. The second kappa shape index (κ2) is 13.0. The van der Waals surface area contributed by atoms with Crippen LogP contribution in [0.2, 0.25) is 0 Å². The summed E-state index contributed by atoms with van der Waals surface area (Å²) in [5.41, 5.74) is 15.0. The van der Waals surface area contributed by atoms with Crippen molar-refractivity contribution in [1.82, 2.24) is 9.97 Å². The fourth-order valence-corrected chi connectivity index (χ4v) is 9.30. The third kappa shape index (κ3) is 5.40. The lowest BCUT2D eigenvalue weighted by Crippen LogP contribution is -2.15. The normalized spacial score (nSPS) is 12.9. The fourth-order valence-electron chi connectivity index (χ4n) is 9.30. The summed E-state index contributed by atoms with van der Waals surface area (Å²) in [6, 6.07) is 70.1. The zero-order valence-electron chi connectivity index (χ0n) is 31.9. The molecule has 0 N–H and O–H groups in total. The molecule has 57 heavy (non-hydrogen) atoms. The maximum atomic E-state index is 5.36. The fraction of sp³-hybridized carbons (Fsp3) is 0.0545. The van der Waals surface area contributed by atoms with Crippen molar-refractivity contribution in [3.63, 3.8) is 0 Å². The van der Waals surface area contributed by atoms with E-state index in [0.717, 1.165) is 39.0 Å². The Balaban J connectivity index is 1.08. The van der Waals surface area contributed by atoms with E-state index >= 15 is 0 Å². The van der Waals surface area contributed by atoms with Gasteiger partial charge in [-0.1, -0.05) is 184 Å². The Morgan fingerprint density at radius 3 is 1.75 bits per heavy atom. The van der Waals surface area contributed by atoms with Crippen molar-refractivity contribution in [2.45, 2.75) is 19.3 Å². The van der Waals surface area contributed by atoms with Crippen molar-refractivity contribution in [2.24, 2.45) is 0 Å². The molecule has 0 aliphatic heterocycles. The molecule has 0 saturated heterocycles. The van der Waals surface area contributed by atoms with Crippen LogP contribution in [0.1, 0.15) is 25.0 Å².